The van der Waals surface area contributed by atoms with Crippen LogP contribution in [0.5, 0.6) is 0 Å². The van der Waals surface area contributed by atoms with Crippen molar-refractivity contribution in [1.82, 2.24) is 0 Å². The summed E-state index contributed by atoms with van der Waals surface area (Å²) in [4.78, 5) is 2.40. The molecular weight excluding hydrogens is 815 g/mol. The fraction of sp³-hybridized carbons (Fsp3) is 0. The molecule has 0 saturated heterocycles. The van der Waals surface area contributed by atoms with Gasteiger partial charge in [0.2, 0.25) is 0 Å². The molecule has 1 aromatic heterocycles. The molecule has 0 amide bonds. The Morgan fingerprint density at radius 1 is 0.242 bits per heavy atom. The van der Waals surface area contributed by atoms with E-state index in [1.165, 1.54) is 108 Å². The molecule has 0 saturated carbocycles. The predicted molar refractivity (Wildman–Crippen MR) is 286 cm³/mol. The van der Waals surface area contributed by atoms with Crippen LogP contribution in [-0.4, -0.2) is 0 Å². The van der Waals surface area contributed by atoms with Gasteiger partial charge in [0.1, 0.15) is 0 Å². The number of fused-ring (bicyclic) bond motifs is 9. The van der Waals surface area contributed by atoms with E-state index in [0.29, 0.717) is 0 Å². The molecule has 0 fully saturated rings. The van der Waals surface area contributed by atoms with E-state index in [2.05, 4.69) is 254 Å². The number of hydrogen-bond acceptors (Lipinski definition) is 2. The van der Waals surface area contributed by atoms with Gasteiger partial charge >= 0.3 is 0 Å². The van der Waals surface area contributed by atoms with Gasteiger partial charge in [-0.2, -0.15) is 0 Å². The highest BCUT2D eigenvalue weighted by Crippen LogP contribution is 2.47. The average molecular weight is 856 g/mol. The minimum absolute atomic E-state index is 1.10. The van der Waals surface area contributed by atoms with Gasteiger partial charge in [-0.3, -0.25) is 0 Å². The van der Waals surface area contributed by atoms with E-state index in [-0.39, 0.29) is 0 Å². The fourth-order valence-electron chi connectivity index (χ4n) is 10.4. The van der Waals surface area contributed by atoms with Gasteiger partial charge in [-0.1, -0.05) is 194 Å². The molecule has 1 nitrogen and oxygen atoms in total. The van der Waals surface area contributed by atoms with Crippen molar-refractivity contribution in [1.29, 1.82) is 0 Å². The molecular formula is C64H41NS. The number of thiophene rings is 1. The maximum absolute atomic E-state index is 2.41. The van der Waals surface area contributed by atoms with Crippen LogP contribution >= 0.6 is 11.3 Å². The Morgan fingerprint density at radius 2 is 0.758 bits per heavy atom. The lowest BCUT2D eigenvalue weighted by atomic mass is 9.84. The minimum Gasteiger partial charge on any atom is -0.310 e. The van der Waals surface area contributed by atoms with Crippen molar-refractivity contribution < 1.29 is 0 Å². The van der Waals surface area contributed by atoms with E-state index in [1.807, 2.05) is 11.3 Å². The average Bonchev–Trinajstić information content (AvgIpc) is 3.77. The molecule has 2 heteroatoms. The Morgan fingerprint density at radius 3 is 1.50 bits per heavy atom. The molecule has 13 aromatic rings. The molecule has 0 aliphatic rings. The van der Waals surface area contributed by atoms with Crippen LogP contribution in [0.4, 0.5) is 17.1 Å². The van der Waals surface area contributed by atoms with E-state index >= 15 is 0 Å². The zero-order valence-electron chi connectivity index (χ0n) is 36.0. The number of benzene rings is 12. The number of nitrogens with zero attached hydrogens (tertiary/aromatic N) is 1. The number of anilines is 3. The van der Waals surface area contributed by atoms with E-state index in [1.54, 1.807) is 0 Å². The summed E-state index contributed by atoms with van der Waals surface area (Å²) in [5.41, 5.74) is 13.1. The zero-order valence-corrected chi connectivity index (χ0v) is 36.8. The van der Waals surface area contributed by atoms with Gasteiger partial charge in [-0.05, 0) is 142 Å². The smallest absolute Gasteiger partial charge is 0.0468 e. The summed E-state index contributed by atoms with van der Waals surface area (Å²) >= 11 is 1.86. The summed E-state index contributed by atoms with van der Waals surface area (Å²) in [6.45, 7) is 0. The monoisotopic (exact) mass is 855 g/mol. The molecule has 0 atom stereocenters. The summed E-state index contributed by atoms with van der Waals surface area (Å²) in [5, 5.41) is 12.7. The van der Waals surface area contributed by atoms with Crippen molar-refractivity contribution in [2.45, 2.75) is 0 Å². The van der Waals surface area contributed by atoms with E-state index in [4.69, 9.17) is 0 Å². The molecule has 308 valence electrons. The Hall–Kier alpha value is -8.30. The van der Waals surface area contributed by atoms with Crippen LogP contribution in [0.15, 0.2) is 249 Å². The minimum atomic E-state index is 1.10. The standard InChI is InChI=1S/C64H41NS/c1-3-15-45(16-4-1)63-58-22-10-9-20-54(58)56-38-31-47(40-60(56)64(63)46-17-5-2-6-18-46)42-26-32-48(33-27-42)65(50-36-39-62-59(41-50)57-21-11-12-25-61(57)66-62)49-34-28-44(29-35-49)52-23-13-24-53-51-19-8-7-14-43(51)30-37-55(52)53/h1-41H. The third-order valence-corrected chi connectivity index (χ3v) is 14.6. The topological polar surface area (TPSA) is 3.24 Å². The SMILES string of the molecule is c1ccc(-c2c(-c3ccccc3)c3cc(-c4ccc(N(c5ccc(-c6cccc7c6ccc6ccccc67)cc5)c5ccc6sc7ccccc7c6c5)cc4)ccc3c3ccccc23)cc1. The molecule has 0 unspecified atom stereocenters. The second-order valence-corrected chi connectivity index (χ2v) is 18.3. The lowest BCUT2D eigenvalue weighted by molar-refractivity contribution is 1.29. The van der Waals surface area contributed by atoms with Crippen LogP contribution < -0.4 is 4.90 Å². The number of hydrogen-bond donors (Lipinski definition) is 0. The van der Waals surface area contributed by atoms with Gasteiger partial charge in [0.15, 0.2) is 0 Å². The lowest BCUT2D eigenvalue weighted by Gasteiger charge is -2.26. The van der Waals surface area contributed by atoms with Crippen LogP contribution in [0.25, 0.3) is 108 Å². The second-order valence-electron chi connectivity index (χ2n) is 17.2. The van der Waals surface area contributed by atoms with Gasteiger partial charge in [-0.25, -0.2) is 0 Å². The highest BCUT2D eigenvalue weighted by Gasteiger charge is 2.20. The first-order chi connectivity index (χ1) is 32.7. The van der Waals surface area contributed by atoms with Crippen LogP contribution in [0.1, 0.15) is 0 Å². The molecule has 0 N–H and O–H groups in total. The quantitative estimate of drug-likeness (QED) is 0.144. The van der Waals surface area contributed by atoms with Gasteiger partial charge in [0, 0.05) is 37.2 Å². The third-order valence-electron chi connectivity index (χ3n) is 13.5. The summed E-state index contributed by atoms with van der Waals surface area (Å²) in [6.07, 6.45) is 0. The Bertz CT molecular complexity index is 3960. The molecule has 66 heavy (non-hydrogen) atoms. The van der Waals surface area contributed by atoms with E-state index in [9.17, 15) is 0 Å². The van der Waals surface area contributed by atoms with Gasteiger partial charge < -0.3 is 4.90 Å². The van der Waals surface area contributed by atoms with Crippen molar-refractivity contribution in [2.75, 3.05) is 4.90 Å². The fourth-order valence-corrected chi connectivity index (χ4v) is 11.5. The van der Waals surface area contributed by atoms with Gasteiger partial charge in [-0.15, -0.1) is 11.3 Å². The van der Waals surface area contributed by atoms with Gasteiger partial charge in [0.25, 0.3) is 0 Å². The largest absolute Gasteiger partial charge is 0.310 e. The van der Waals surface area contributed by atoms with E-state index in [0.717, 1.165) is 17.1 Å². The summed E-state index contributed by atoms with van der Waals surface area (Å²) in [5.74, 6) is 0. The number of rotatable bonds is 7. The molecule has 13 rings (SSSR count). The van der Waals surface area contributed by atoms with Crippen LogP contribution in [0, 0.1) is 0 Å². The molecule has 1 heterocycles. The van der Waals surface area contributed by atoms with Crippen LogP contribution in [0.2, 0.25) is 0 Å². The predicted octanol–water partition coefficient (Wildman–Crippen LogP) is 18.8. The first kappa shape index (κ1) is 38.2. The lowest BCUT2D eigenvalue weighted by Crippen LogP contribution is -2.09. The third kappa shape index (κ3) is 6.37. The molecule has 0 aliphatic heterocycles. The summed E-state index contributed by atoms with van der Waals surface area (Å²) < 4.78 is 2.60. The summed E-state index contributed by atoms with van der Waals surface area (Å²) in [6, 6.07) is 91.5. The highest BCUT2D eigenvalue weighted by atomic mass is 32.1. The molecule has 0 bridgehead atoms. The molecule has 0 spiro atoms. The Kier molecular flexibility index (Phi) is 9.11. The van der Waals surface area contributed by atoms with Crippen LogP contribution in [-0.2, 0) is 0 Å². The summed E-state index contributed by atoms with van der Waals surface area (Å²) in [7, 11) is 0. The second kappa shape index (κ2) is 15.7. The molecule has 0 aliphatic carbocycles. The first-order valence-corrected chi connectivity index (χ1v) is 23.5. The zero-order chi connectivity index (χ0) is 43.6. The van der Waals surface area contributed by atoms with Crippen molar-refractivity contribution in [3.63, 3.8) is 0 Å². The van der Waals surface area contributed by atoms with Gasteiger partial charge in [0.05, 0.1) is 0 Å². The first-order valence-electron chi connectivity index (χ1n) is 22.7. The Balaban J connectivity index is 0.946. The van der Waals surface area contributed by atoms with Crippen molar-refractivity contribution >= 4 is 91.7 Å². The van der Waals surface area contributed by atoms with Crippen molar-refractivity contribution in [2.24, 2.45) is 0 Å². The molecule has 12 aromatic carbocycles. The van der Waals surface area contributed by atoms with E-state index < -0.39 is 0 Å². The van der Waals surface area contributed by atoms with Crippen molar-refractivity contribution in [3.05, 3.63) is 249 Å². The normalized spacial score (nSPS) is 11.6. The van der Waals surface area contributed by atoms with Crippen LogP contribution in [0.3, 0.4) is 0 Å². The van der Waals surface area contributed by atoms with Crippen molar-refractivity contribution in [3.8, 4) is 44.5 Å². The Labute approximate surface area is 387 Å². The maximum Gasteiger partial charge on any atom is 0.0468 e. The molecule has 0 radical (unpaired) electrons. The highest BCUT2D eigenvalue weighted by molar-refractivity contribution is 7.25. The maximum atomic E-state index is 2.41.